The number of hydrogen-bond acceptors (Lipinski definition) is 7. The number of fused-ring (bicyclic) bond motifs is 2. The number of rotatable bonds is 5. The molecule has 0 bridgehead atoms. The van der Waals surface area contributed by atoms with Crippen molar-refractivity contribution in [3.8, 4) is 11.5 Å². The van der Waals surface area contributed by atoms with E-state index in [1.807, 2.05) is 4.90 Å². The van der Waals surface area contributed by atoms with E-state index >= 15 is 0 Å². The second-order valence-electron chi connectivity index (χ2n) is 9.88. The number of halogens is 2. The van der Waals surface area contributed by atoms with Gasteiger partial charge in [0.2, 0.25) is 5.78 Å². The number of phenols is 1. The van der Waals surface area contributed by atoms with Crippen LogP contribution in [-0.2, 0) is 16.6 Å². The summed E-state index contributed by atoms with van der Waals surface area (Å²) in [4.78, 5) is 27.8. The van der Waals surface area contributed by atoms with E-state index in [0.29, 0.717) is 48.2 Å². The van der Waals surface area contributed by atoms with E-state index in [9.17, 15) is 28.2 Å². The molecule has 0 atom stereocenters. The summed E-state index contributed by atoms with van der Waals surface area (Å²) in [5.41, 5.74) is 1.45. The molecule has 6 rings (SSSR count). The van der Waals surface area contributed by atoms with Gasteiger partial charge < -0.3 is 19.8 Å². The molecular formula is C29H23Cl2N3O7S. The number of carbonyl (C=O) groups is 2. The highest BCUT2D eigenvalue weighted by atomic mass is 35.5. The third-order valence-corrected chi connectivity index (χ3v) is 10.0. The summed E-state index contributed by atoms with van der Waals surface area (Å²) < 4.78 is 34.5. The summed E-state index contributed by atoms with van der Waals surface area (Å²) in [6.45, 7) is 1.81. The lowest BCUT2D eigenvalue weighted by Gasteiger charge is -2.33. The van der Waals surface area contributed by atoms with Gasteiger partial charge in [-0.2, -0.15) is 0 Å². The number of allylic oxidation sites excluding steroid dienone is 1. The van der Waals surface area contributed by atoms with Gasteiger partial charge in [0.05, 0.1) is 26.7 Å². The lowest BCUT2D eigenvalue weighted by atomic mass is 10.0. The first-order valence-electron chi connectivity index (χ1n) is 12.8. The number of amides is 1. The number of aromatic hydroxyl groups is 1. The van der Waals surface area contributed by atoms with Gasteiger partial charge >= 0.3 is 6.09 Å². The highest BCUT2D eigenvalue weighted by Gasteiger charge is 2.33. The van der Waals surface area contributed by atoms with Crippen LogP contribution in [0.15, 0.2) is 71.4 Å². The molecule has 1 amide bonds. The first kappa shape index (κ1) is 28.1. The van der Waals surface area contributed by atoms with Crippen molar-refractivity contribution in [1.29, 1.82) is 0 Å². The minimum absolute atomic E-state index is 0.0337. The Kier molecular flexibility index (Phi) is 7.14. The standard InChI is InChI=1S/C29H23Cl2N3O7S/c30-21-5-3-7-25(26(21)31)42(39,40)34-15-17(18-4-1-2-6-22(18)34)14-24-27(36)19-8-9-23(35)20(28(19)41-24)16-32-10-12-33(13-11-32)29(37)38/h1-9,14-15,35H,10-13,16H2,(H,37,38)/b24-14-. The maximum absolute atomic E-state index is 13.7. The number of para-hydroxylation sites is 1. The average molecular weight is 628 g/mol. The molecule has 1 aromatic heterocycles. The van der Waals surface area contributed by atoms with Gasteiger partial charge in [-0.1, -0.05) is 47.5 Å². The number of hydrogen-bond donors (Lipinski definition) is 2. The molecule has 42 heavy (non-hydrogen) atoms. The second-order valence-corrected chi connectivity index (χ2v) is 12.4. The molecule has 2 aliphatic rings. The molecule has 13 heteroatoms. The predicted molar refractivity (Wildman–Crippen MR) is 157 cm³/mol. The molecule has 0 unspecified atom stereocenters. The zero-order chi connectivity index (χ0) is 29.8. The Labute approximate surface area is 250 Å². The van der Waals surface area contributed by atoms with Gasteiger partial charge in [0.15, 0.2) is 5.76 Å². The fraction of sp³-hybridized carbons (Fsp3) is 0.172. The fourth-order valence-corrected chi connectivity index (χ4v) is 7.31. The Morgan fingerprint density at radius 2 is 1.74 bits per heavy atom. The maximum atomic E-state index is 13.7. The maximum Gasteiger partial charge on any atom is 0.407 e. The second kappa shape index (κ2) is 10.7. The van der Waals surface area contributed by atoms with E-state index < -0.39 is 21.9 Å². The highest BCUT2D eigenvalue weighted by molar-refractivity contribution is 7.90. The quantitative estimate of drug-likeness (QED) is 0.285. The van der Waals surface area contributed by atoms with Crippen molar-refractivity contribution in [3.63, 3.8) is 0 Å². The van der Waals surface area contributed by atoms with Crippen LogP contribution in [0.3, 0.4) is 0 Å². The summed E-state index contributed by atoms with van der Waals surface area (Å²) in [6, 6.07) is 14.1. The van der Waals surface area contributed by atoms with E-state index in [2.05, 4.69) is 0 Å². The van der Waals surface area contributed by atoms with Crippen LogP contribution < -0.4 is 4.74 Å². The predicted octanol–water partition coefficient (Wildman–Crippen LogP) is 5.30. The number of carbonyl (C=O) groups excluding carboxylic acids is 1. The first-order chi connectivity index (χ1) is 20.1. The van der Waals surface area contributed by atoms with Crippen molar-refractivity contribution < 1.29 is 33.0 Å². The molecule has 10 nitrogen and oxygen atoms in total. The summed E-state index contributed by atoms with van der Waals surface area (Å²) in [5.74, 6) is -0.285. The van der Waals surface area contributed by atoms with E-state index in [-0.39, 0.29) is 44.3 Å². The third-order valence-electron chi connectivity index (χ3n) is 7.39. The Bertz CT molecular complexity index is 1910. The van der Waals surface area contributed by atoms with Crippen molar-refractivity contribution >= 4 is 62.1 Å². The molecule has 0 spiro atoms. The monoisotopic (exact) mass is 627 g/mol. The number of ether oxygens (including phenoxy) is 1. The van der Waals surface area contributed by atoms with Gasteiger partial charge in [-0.15, -0.1) is 0 Å². The molecule has 0 saturated carbocycles. The van der Waals surface area contributed by atoms with Gasteiger partial charge in [-0.3, -0.25) is 9.69 Å². The molecule has 2 N–H and O–H groups in total. The molecule has 0 radical (unpaired) electrons. The highest BCUT2D eigenvalue weighted by Crippen LogP contribution is 2.41. The average Bonchev–Trinajstić information content (AvgIpc) is 3.50. The van der Waals surface area contributed by atoms with Crippen LogP contribution in [0.1, 0.15) is 21.5 Å². The van der Waals surface area contributed by atoms with Gasteiger partial charge in [-0.25, -0.2) is 17.2 Å². The smallest absolute Gasteiger partial charge is 0.407 e. The van der Waals surface area contributed by atoms with Crippen molar-refractivity contribution in [2.45, 2.75) is 11.4 Å². The fourth-order valence-electron chi connectivity index (χ4n) is 5.19. The number of benzene rings is 3. The molecule has 2 aliphatic heterocycles. The third kappa shape index (κ3) is 4.78. The summed E-state index contributed by atoms with van der Waals surface area (Å²) in [6.07, 6.45) is 1.89. The van der Waals surface area contributed by atoms with Gasteiger partial charge in [0.1, 0.15) is 16.4 Å². The molecule has 3 aromatic carbocycles. The zero-order valence-electron chi connectivity index (χ0n) is 21.8. The van der Waals surface area contributed by atoms with Crippen LogP contribution in [0.2, 0.25) is 10.0 Å². The number of carboxylic acid groups (broad SMARTS) is 1. The summed E-state index contributed by atoms with van der Waals surface area (Å²) >= 11 is 12.4. The lowest BCUT2D eigenvalue weighted by Crippen LogP contribution is -2.47. The molecule has 1 fully saturated rings. The molecule has 216 valence electrons. The van der Waals surface area contributed by atoms with Crippen LogP contribution in [-0.4, -0.2) is 70.5 Å². The number of Topliss-reactive ketones (excluding diaryl/α,β-unsaturated/α-hetero) is 1. The van der Waals surface area contributed by atoms with Crippen molar-refractivity contribution in [2.75, 3.05) is 26.2 Å². The van der Waals surface area contributed by atoms with Crippen LogP contribution in [0, 0.1) is 0 Å². The Morgan fingerprint density at radius 3 is 2.48 bits per heavy atom. The van der Waals surface area contributed by atoms with E-state index in [1.165, 1.54) is 47.5 Å². The van der Waals surface area contributed by atoms with Crippen LogP contribution in [0.25, 0.3) is 17.0 Å². The number of aromatic nitrogens is 1. The number of nitrogens with zero attached hydrogens (tertiary/aromatic N) is 3. The molecule has 4 aromatic rings. The minimum Gasteiger partial charge on any atom is -0.507 e. The van der Waals surface area contributed by atoms with Crippen LogP contribution in [0.5, 0.6) is 11.5 Å². The molecule has 3 heterocycles. The van der Waals surface area contributed by atoms with Crippen molar-refractivity contribution in [3.05, 3.63) is 93.3 Å². The number of piperazine rings is 1. The molecular weight excluding hydrogens is 605 g/mol. The largest absolute Gasteiger partial charge is 0.507 e. The lowest BCUT2D eigenvalue weighted by molar-refractivity contribution is 0.101. The summed E-state index contributed by atoms with van der Waals surface area (Å²) in [5, 5.41) is 20.4. The Morgan fingerprint density at radius 1 is 1.00 bits per heavy atom. The topological polar surface area (TPSA) is 129 Å². The van der Waals surface area contributed by atoms with Gasteiger partial charge in [0.25, 0.3) is 10.0 Å². The van der Waals surface area contributed by atoms with Crippen LogP contribution >= 0.6 is 23.2 Å². The van der Waals surface area contributed by atoms with Crippen LogP contribution in [0.4, 0.5) is 4.79 Å². The first-order valence-corrected chi connectivity index (χ1v) is 15.0. The number of phenolic OH excluding ortho intramolecular Hbond substituents is 1. The number of ketones is 1. The van der Waals surface area contributed by atoms with Crippen molar-refractivity contribution in [1.82, 2.24) is 13.8 Å². The minimum atomic E-state index is -4.17. The van der Waals surface area contributed by atoms with E-state index in [0.717, 1.165) is 3.97 Å². The zero-order valence-corrected chi connectivity index (χ0v) is 24.2. The Balaban J connectivity index is 1.36. The van der Waals surface area contributed by atoms with E-state index in [4.69, 9.17) is 27.9 Å². The van der Waals surface area contributed by atoms with Crippen molar-refractivity contribution in [2.24, 2.45) is 0 Å². The van der Waals surface area contributed by atoms with E-state index in [1.54, 1.807) is 24.3 Å². The SMILES string of the molecule is O=C1/C(=C/c2cn(S(=O)(=O)c3cccc(Cl)c3Cl)c3ccccc23)Oc2c1ccc(O)c2CN1CCN(C(=O)O)CC1. The Hall–Kier alpha value is -4.03. The van der Waals surface area contributed by atoms with Gasteiger partial charge in [-0.05, 0) is 36.4 Å². The van der Waals surface area contributed by atoms with Gasteiger partial charge in [0, 0.05) is 49.9 Å². The normalized spacial score (nSPS) is 16.7. The molecule has 0 aliphatic carbocycles. The summed E-state index contributed by atoms with van der Waals surface area (Å²) in [7, 11) is -4.17. The molecule has 1 saturated heterocycles.